The standard InChI is InChI=1S/C24H34N8OS2/c1-16-7-6-8-19(13-16)22-28-21(17(2)33-22)15-32-11-9-18(10-12-32)20(29-30-23(34)25-3)14-27-31-24(26-4)35-5/h6-8,13-14,18H,9-12,15H2,1-5H3,(H,26,31)(H2,25,30,34)/b27-14+,29-20-. The van der Waals surface area contributed by atoms with Gasteiger partial charge in [0.15, 0.2) is 10.3 Å². The maximum atomic E-state index is 5.98. The van der Waals surface area contributed by atoms with Gasteiger partial charge >= 0.3 is 0 Å². The van der Waals surface area contributed by atoms with E-state index in [4.69, 9.17) is 21.6 Å². The third kappa shape index (κ3) is 7.87. The summed E-state index contributed by atoms with van der Waals surface area (Å²) >= 11 is 6.68. The van der Waals surface area contributed by atoms with Crippen LogP contribution in [0.25, 0.3) is 11.5 Å². The summed E-state index contributed by atoms with van der Waals surface area (Å²) in [5.41, 5.74) is 9.89. The molecule has 1 fully saturated rings. The highest BCUT2D eigenvalue weighted by Crippen LogP contribution is 2.25. The molecular formula is C24H34N8OS2. The fourth-order valence-electron chi connectivity index (χ4n) is 3.81. The number of piperidine rings is 1. The van der Waals surface area contributed by atoms with E-state index in [0.717, 1.165) is 60.4 Å². The molecule has 11 heteroatoms. The number of benzene rings is 1. The molecular weight excluding hydrogens is 480 g/mol. The summed E-state index contributed by atoms with van der Waals surface area (Å²) in [6, 6.07) is 8.23. The van der Waals surface area contributed by atoms with Crippen molar-refractivity contribution in [2.24, 2.45) is 21.1 Å². The molecule has 2 heterocycles. The molecule has 9 nitrogen and oxygen atoms in total. The van der Waals surface area contributed by atoms with E-state index in [2.05, 4.69) is 55.3 Å². The Morgan fingerprint density at radius 2 is 2.06 bits per heavy atom. The van der Waals surface area contributed by atoms with E-state index in [0.29, 0.717) is 11.0 Å². The number of rotatable bonds is 7. The van der Waals surface area contributed by atoms with Crippen LogP contribution in [0.15, 0.2) is 43.9 Å². The smallest absolute Gasteiger partial charge is 0.226 e. The highest BCUT2D eigenvalue weighted by Gasteiger charge is 2.24. The van der Waals surface area contributed by atoms with Crippen molar-refractivity contribution >= 4 is 46.2 Å². The van der Waals surface area contributed by atoms with Gasteiger partial charge in [-0.25, -0.2) is 4.98 Å². The predicted molar refractivity (Wildman–Crippen MR) is 150 cm³/mol. The number of aromatic nitrogens is 1. The Bertz CT molecular complexity index is 1090. The Balaban J connectivity index is 1.63. The highest BCUT2D eigenvalue weighted by molar-refractivity contribution is 8.13. The van der Waals surface area contributed by atoms with Crippen molar-refractivity contribution < 1.29 is 4.42 Å². The zero-order valence-corrected chi connectivity index (χ0v) is 22.6. The number of nitrogens with zero attached hydrogens (tertiary/aromatic N) is 5. The third-order valence-corrected chi connectivity index (χ3v) is 6.76. The van der Waals surface area contributed by atoms with Crippen LogP contribution in [-0.2, 0) is 6.54 Å². The van der Waals surface area contributed by atoms with Crippen LogP contribution >= 0.6 is 24.0 Å². The van der Waals surface area contributed by atoms with E-state index in [1.54, 1.807) is 20.3 Å². The van der Waals surface area contributed by atoms with Crippen LogP contribution in [0.2, 0.25) is 0 Å². The van der Waals surface area contributed by atoms with Gasteiger partial charge in [0.05, 0.1) is 17.6 Å². The Hall–Kier alpha value is -2.76. The molecule has 1 aliphatic heterocycles. The van der Waals surface area contributed by atoms with Gasteiger partial charge in [0.1, 0.15) is 5.76 Å². The molecule has 1 aromatic heterocycles. The zero-order chi connectivity index (χ0) is 25.2. The number of hydrogen-bond donors (Lipinski definition) is 3. The Kier molecular flexibility index (Phi) is 10.2. The number of amidine groups is 1. The molecule has 0 bridgehead atoms. The molecule has 3 rings (SSSR count). The normalized spacial score (nSPS) is 16.0. The second kappa shape index (κ2) is 13.4. The lowest BCUT2D eigenvalue weighted by Crippen LogP contribution is -2.38. The molecule has 0 saturated carbocycles. The van der Waals surface area contributed by atoms with Crippen LogP contribution in [0.4, 0.5) is 0 Å². The van der Waals surface area contributed by atoms with Crippen molar-refractivity contribution in [3.05, 3.63) is 41.3 Å². The van der Waals surface area contributed by atoms with Crippen LogP contribution in [0.3, 0.4) is 0 Å². The van der Waals surface area contributed by atoms with Gasteiger partial charge < -0.3 is 9.73 Å². The number of nitrogens with one attached hydrogen (secondary N) is 3. The van der Waals surface area contributed by atoms with Gasteiger partial charge in [0, 0.05) is 32.1 Å². The molecule has 0 radical (unpaired) electrons. The maximum absolute atomic E-state index is 5.98. The summed E-state index contributed by atoms with van der Waals surface area (Å²) < 4.78 is 5.98. The van der Waals surface area contributed by atoms with Crippen molar-refractivity contribution in [1.82, 2.24) is 26.1 Å². The van der Waals surface area contributed by atoms with Gasteiger partial charge in [-0.3, -0.25) is 20.7 Å². The first-order chi connectivity index (χ1) is 16.9. The number of aliphatic imine (C=N–C) groups is 1. The first-order valence-corrected chi connectivity index (χ1v) is 13.2. The van der Waals surface area contributed by atoms with Crippen LogP contribution in [0.1, 0.15) is 29.9 Å². The van der Waals surface area contributed by atoms with Gasteiger partial charge in [0.25, 0.3) is 0 Å². The lowest BCUT2D eigenvalue weighted by molar-refractivity contribution is 0.199. The van der Waals surface area contributed by atoms with E-state index < -0.39 is 0 Å². The average Bonchev–Trinajstić information content (AvgIpc) is 3.24. The number of aryl methyl sites for hydroxylation is 2. The van der Waals surface area contributed by atoms with Crippen LogP contribution in [-0.4, -0.2) is 65.5 Å². The summed E-state index contributed by atoms with van der Waals surface area (Å²) in [4.78, 5) is 11.3. The molecule has 1 aromatic carbocycles. The first-order valence-electron chi connectivity index (χ1n) is 11.5. The second-order valence-electron chi connectivity index (χ2n) is 8.27. The van der Waals surface area contributed by atoms with Crippen LogP contribution in [0, 0.1) is 19.8 Å². The van der Waals surface area contributed by atoms with Crippen molar-refractivity contribution in [3.8, 4) is 11.5 Å². The second-order valence-corrected chi connectivity index (χ2v) is 9.48. The Labute approximate surface area is 216 Å². The summed E-state index contributed by atoms with van der Waals surface area (Å²) in [5.74, 6) is 1.82. The lowest BCUT2D eigenvalue weighted by atomic mass is 9.92. The van der Waals surface area contributed by atoms with E-state index in [1.807, 2.05) is 25.3 Å². The van der Waals surface area contributed by atoms with E-state index in [1.165, 1.54) is 17.3 Å². The van der Waals surface area contributed by atoms with Gasteiger partial charge in [-0.05, 0) is 70.4 Å². The largest absolute Gasteiger partial charge is 0.441 e. The first kappa shape index (κ1) is 26.8. The number of hydrazone groups is 2. The van der Waals surface area contributed by atoms with Crippen LogP contribution in [0.5, 0.6) is 0 Å². The van der Waals surface area contributed by atoms with Crippen molar-refractivity contribution in [3.63, 3.8) is 0 Å². The molecule has 2 aromatic rings. The molecule has 0 amide bonds. The summed E-state index contributed by atoms with van der Waals surface area (Å²) in [5, 5.41) is 12.9. The molecule has 3 N–H and O–H groups in total. The van der Waals surface area contributed by atoms with Crippen molar-refractivity contribution in [2.45, 2.75) is 33.2 Å². The number of thioether (sulfide) groups is 1. The topological polar surface area (TPSA) is 102 Å². The monoisotopic (exact) mass is 514 g/mol. The molecule has 0 unspecified atom stereocenters. The van der Waals surface area contributed by atoms with E-state index in [9.17, 15) is 0 Å². The molecule has 188 valence electrons. The molecule has 1 aliphatic rings. The van der Waals surface area contributed by atoms with Gasteiger partial charge in [-0.1, -0.05) is 29.5 Å². The maximum Gasteiger partial charge on any atom is 0.226 e. The zero-order valence-electron chi connectivity index (χ0n) is 21.0. The number of thiocarbonyl (C=S) groups is 1. The van der Waals surface area contributed by atoms with Gasteiger partial charge in [-0.15, -0.1) is 0 Å². The quantitative estimate of drug-likeness (QED) is 0.223. The van der Waals surface area contributed by atoms with Crippen LogP contribution < -0.4 is 16.2 Å². The highest BCUT2D eigenvalue weighted by atomic mass is 32.2. The lowest BCUT2D eigenvalue weighted by Gasteiger charge is -2.31. The summed E-state index contributed by atoms with van der Waals surface area (Å²) in [7, 11) is 3.49. The summed E-state index contributed by atoms with van der Waals surface area (Å²) in [6.07, 6.45) is 5.61. The fraction of sp³-hybridized carbons (Fsp3) is 0.458. The van der Waals surface area contributed by atoms with Gasteiger partial charge in [-0.2, -0.15) is 10.2 Å². The minimum absolute atomic E-state index is 0.265. The third-order valence-electron chi connectivity index (χ3n) is 5.80. The number of oxazole rings is 1. The molecule has 0 atom stereocenters. The number of hydrogen-bond acceptors (Lipinski definition) is 8. The van der Waals surface area contributed by atoms with Gasteiger partial charge in [0.2, 0.25) is 5.89 Å². The predicted octanol–water partition coefficient (Wildman–Crippen LogP) is 3.54. The molecule has 35 heavy (non-hydrogen) atoms. The fourth-order valence-corrected chi connectivity index (χ4v) is 4.18. The SMILES string of the molecule is CN=C(N/N=C/C(=N/NC(=S)NC)C1CCN(Cc2nc(-c3cccc(C)c3)oc2C)CC1)SC. The van der Waals surface area contributed by atoms with E-state index in [-0.39, 0.29) is 5.92 Å². The minimum atomic E-state index is 0.265. The van der Waals surface area contributed by atoms with E-state index >= 15 is 0 Å². The Morgan fingerprint density at radius 3 is 2.71 bits per heavy atom. The van der Waals surface area contributed by atoms with Crippen molar-refractivity contribution in [1.29, 1.82) is 0 Å². The Morgan fingerprint density at radius 1 is 1.29 bits per heavy atom. The molecule has 0 spiro atoms. The molecule has 1 saturated heterocycles. The number of likely N-dealkylation sites (tertiary alicyclic amines) is 1. The summed E-state index contributed by atoms with van der Waals surface area (Å²) in [6.45, 7) is 6.69. The van der Waals surface area contributed by atoms with Crippen molar-refractivity contribution in [2.75, 3.05) is 33.4 Å². The molecule has 0 aliphatic carbocycles. The minimum Gasteiger partial charge on any atom is -0.441 e. The average molecular weight is 515 g/mol.